The van der Waals surface area contributed by atoms with Gasteiger partial charge in [0.2, 0.25) is 0 Å². The van der Waals surface area contributed by atoms with Crippen molar-refractivity contribution in [3.8, 4) is 0 Å². The quantitative estimate of drug-likeness (QED) is 0.0887. The van der Waals surface area contributed by atoms with Gasteiger partial charge in [0.25, 0.3) is 0 Å². The highest BCUT2D eigenvalue weighted by atomic mass is 16.6. The topological polar surface area (TPSA) is 120 Å². The monoisotopic (exact) mass is 592 g/mol. The number of carbonyl (C=O) groups excluding carboxylic acids is 1. The van der Waals surface area contributed by atoms with E-state index in [1.54, 1.807) is 0 Å². The van der Waals surface area contributed by atoms with E-state index in [4.69, 9.17) is 9.47 Å². The fourth-order valence-electron chi connectivity index (χ4n) is 5.62. The maximum Gasteiger partial charge on any atom is 0.407 e. The number of hydrogen-bond donors (Lipinski definition) is 5. The minimum atomic E-state index is -1.32. The van der Waals surface area contributed by atoms with Crippen molar-refractivity contribution in [2.45, 2.75) is 160 Å². The van der Waals surface area contributed by atoms with Gasteiger partial charge in [-0.1, -0.05) is 146 Å². The molecule has 1 amide bonds. The molecule has 0 aliphatic carbocycles. The number of rotatable bonds is 24. The second-order valence-corrected chi connectivity index (χ2v) is 12.0. The van der Waals surface area contributed by atoms with Crippen LogP contribution in [0.2, 0.25) is 0 Å². The van der Waals surface area contributed by atoms with Gasteiger partial charge in [-0.2, -0.15) is 0 Å². The minimum Gasteiger partial charge on any atom is -0.445 e. The molecule has 1 aromatic rings. The Labute approximate surface area is 255 Å². The Balaban J connectivity index is 1.52. The molecule has 5 N–H and O–H groups in total. The lowest BCUT2D eigenvalue weighted by Crippen LogP contribution is -2.67. The molecule has 242 valence electrons. The zero-order valence-electron chi connectivity index (χ0n) is 26.2. The van der Waals surface area contributed by atoms with E-state index in [1.807, 2.05) is 30.3 Å². The molecule has 8 nitrogen and oxygen atoms in total. The molecule has 1 aliphatic heterocycles. The van der Waals surface area contributed by atoms with Crippen LogP contribution in [0.4, 0.5) is 4.79 Å². The van der Waals surface area contributed by atoms with Gasteiger partial charge >= 0.3 is 6.09 Å². The van der Waals surface area contributed by atoms with Gasteiger partial charge in [-0.25, -0.2) is 4.79 Å². The number of amides is 1. The summed E-state index contributed by atoms with van der Waals surface area (Å²) in [7, 11) is 0. The number of nitrogens with one attached hydrogen (secondary N) is 2. The van der Waals surface area contributed by atoms with Gasteiger partial charge in [-0.3, -0.25) is 5.32 Å². The predicted octanol–water partition coefficient (Wildman–Crippen LogP) is 6.35. The van der Waals surface area contributed by atoms with Crippen LogP contribution in [-0.2, 0) is 16.1 Å². The maximum absolute atomic E-state index is 12.4. The average molecular weight is 593 g/mol. The molecule has 1 saturated heterocycles. The van der Waals surface area contributed by atoms with Crippen LogP contribution < -0.4 is 10.6 Å². The lowest BCUT2D eigenvalue weighted by molar-refractivity contribution is -0.200. The summed E-state index contributed by atoms with van der Waals surface area (Å²) in [6, 6.07) is 8.40. The number of unbranched alkanes of at least 4 members (excludes halogenated alkanes) is 17. The number of hydrogen-bond acceptors (Lipinski definition) is 7. The second kappa shape index (κ2) is 23.7. The van der Waals surface area contributed by atoms with Crippen molar-refractivity contribution >= 4 is 6.09 Å². The molecular formula is C34H60N2O6. The number of benzene rings is 1. The van der Waals surface area contributed by atoms with Gasteiger partial charge < -0.3 is 30.1 Å². The fraction of sp³-hybridized carbons (Fsp3) is 0.794. The van der Waals surface area contributed by atoms with Crippen LogP contribution in [0.5, 0.6) is 0 Å². The molecule has 42 heavy (non-hydrogen) atoms. The molecule has 0 saturated carbocycles. The lowest BCUT2D eigenvalue weighted by atomic mass is 9.96. The molecule has 0 spiro atoms. The van der Waals surface area contributed by atoms with Crippen molar-refractivity contribution in [1.82, 2.24) is 10.6 Å². The molecule has 5 atom stereocenters. The molecule has 8 heteroatoms. The highest BCUT2D eigenvalue weighted by Crippen LogP contribution is 2.21. The molecule has 1 aromatic carbocycles. The largest absolute Gasteiger partial charge is 0.445 e. The highest BCUT2D eigenvalue weighted by Gasteiger charge is 2.45. The Bertz CT molecular complexity index is 783. The summed E-state index contributed by atoms with van der Waals surface area (Å²) < 4.78 is 11.1. The predicted molar refractivity (Wildman–Crippen MR) is 168 cm³/mol. The molecule has 0 aromatic heterocycles. The number of ether oxygens (including phenoxy) is 2. The molecule has 1 fully saturated rings. The van der Waals surface area contributed by atoms with E-state index >= 15 is 0 Å². The van der Waals surface area contributed by atoms with Crippen LogP contribution >= 0.6 is 0 Å². The van der Waals surface area contributed by atoms with Crippen molar-refractivity contribution in [2.24, 2.45) is 0 Å². The number of aliphatic hydroxyl groups excluding tert-OH is 3. The Kier molecular flexibility index (Phi) is 20.6. The summed E-state index contributed by atoms with van der Waals surface area (Å²) in [4.78, 5) is 12.4. The van der Waals surface area contributed by atoms with Gasteiger partial charge in [0.1, 0.15) is 37.2 Å². The molecule has 0 bridgehead atoms. The van der Waals surface area contributed by atoms with E-state index in [0.717, 1.165) is 18.4 Å². The van der Waals surface area contributed by atoms with Gasteiger partial charge in [0.05, 0.1) is 6.61 Å². The first-order valence-corrected chi connectivity index (χ1v) is 16.9. The molecule has 2 rings (SSSR count). The van der Waals surface area contributed by atoms with Crippen LogP contribution in [0.15, 0.2) is 30.3 Å². The summed E-state index contributed by atoms with van der Waals surface area (Å²) in [5, 5.41) is 36.4. The average Bonchev–Trinajstić information content (AvgIpc) is 3.01. The van der Waals surface area contributed by atoms with E-state index < -0.39 is 43.3 Å². The summed E-state index contributed by atoms with van der Waals surface area (Å²) in [5.41, 5.74) is 0.845. The van der Waals surface area contributed by atoms with Crippen LogP contribution in [0.3, 0.4) is 0 Å². The van der Waals surface area contributed by atoms with Crippen LogP contribution in [0.25, 0.3) is 0 Å². The zero-order valence-corrected chi connectivity index (χ0v) is 26.2. The number of alkyl carbamates (subject to hydrolysis) is 1. The Morgan fingerprint density at radius 3 is 1.76 bits per heavy atom. The van der Waals surface area contributed by atoms with Gasteiger partial charge in [0, 0.05) is 0 Å². The van der Waals surface area contributed by atoms with Gasteiger partial charge in [-0.05, 0) is 18.5 Å². The van der Waals surface area contributed by atoms with E-state index in [-0.39, 0.29) is 6.61 Å². The van der Waals surface area contributed by atoms with Crippen LogP contribution in [-0.4, -0.2) is 65.1 Å². The van der Waals surface area contributed by atoms with Crippen molar-refractivity contribution in [3.05, 3.63) is 35.9 Å². The van der Waals surface area contributed by atoms with Crippen LogP contribution in [0.1, 0.15) is 128 Å². The second-order valence-electron chi connectivity index (χ2n) is 12.0. The molecule has 0 radical (unpaired) electrons. The van der Waals surface area contributed by atoms with Crippen molar-refractivity contribution < 1.29 is 29.6 Å². The van der Waals surface area contributed by atoms with E-state index in [0.29, 0.717) is 6.54 Å². The van der Waals surface area contributed by atoms with E-state index in [1.165, 1.54) is 103 Å². The smallest absolute Gasteiger partial charge is 0.407 e. The Hall–Kier alpha value is -1.71. The SMILES string of the molecule is CCCCCCCCCCCCCCCCCCCCN[C@@H]1O[C@H](CO)[C@@H](O)[C@H](O)[C@@H]1NC(=O)OCc1ccccc1. The molecule has 0 unspecified atom stereocenters. The zero-order chi connectivity index (χ0) is 30.3. The minimum absolute atomic E-state index is 0.0928. The van der Waals surface area contributed by atoms with Crippen molar-refractivity contribution in [2.75, 3.05) is 13.2 Å². The number of carbonyl (C=O) groups is 1. The third-order valence-electron chi connectivity index (χ3n) is 8.30. The summed E-state index contributed by atoms with van der Waals surface area (Å²) in [5.74, 6) is 0. The highest BCUT2D eigenvalue weighted by molar-refractivity contribution is 5.67. The van der Waals surface area contributed by atoms with Crippen LogP contribution in [0, 0.1) is 0 Å². The lowest BCUT2D eigenvalue weighted by Gasteiger charge is -2.42. The Morgan fingerprint density at radius 2 is 1.26 bits per heavy atom. The third-order valence-corrected chi connectivity index (χ3v) is 8.30. The first-order chi connectivity index (χ1) is 20.6. The van der Waals surface area contributed by atoms with E-state index in [9.17, 15) is 20.1 Å². The third kappa shape index (κ3) is 15.7. The fourth-order valence-corrected chi connectivity index (χ4v) is 5.62. The van der Waals surface area contributed by atoms with Gasteiger partial charge in [0.15, 0.2) is 0 Å². The number of aliphatic hydroxyl groups is 3. The summed E-state index contributed by atoms with van der Waals surface area (Å²) >= 11 is 0. The first-order valence-electron chi connectivity index (χ1n) is 16.9. The van der Waals surface area contributed by atoms with Gasteiger partial charge in [-0.15, -0.1) is 0 Å². The van der Waals surface area contributed by atoms with Crippen molar-refractivity contribution in [3.63, 3.8) is 0 Å². The molecule has 1 aliphatic rings. The molecular weight excluding hydrogens is 532 g/mol. The normalized spacial score (nSPS) is 22.2. The summed E-state index contributed by atoms with van der Waals surface area (Å²) in [6.07, 6.45) is 18.7. The first kappa shape index (κ1) is 36.5. The standard InChI is InChI=1S/C34H60N2O6/c1-2-3-4-5-6-7-8-9-10-11-12-13-14-15-16-17-18-22-25-35-33-30(32(39)31(38)29(26-37)42-33)36-34(40)41-27-28-23-20-19-21-24-28/h19-21,23-24,29-33,35,37-39H,2-18,22,25-27H2,1H3,(H,36,40)/t29-,30+,31-,32-,33-/m1/s1. The van der Waals surface area contributed by atoms with E-state index in [2.05, 4.69) is 17.6 Å². The van der Waals surface area contributed by atoms with Crippen molar-refractivity contribution in [1.29, 1.82) is 0 Å². The summed E-state index contributed by atoms with van der Waals surface area (Å²) in [6.45, 7) is 2.58. The molecule has 1 heterocycles. The maximum atomic E-state index is 12.4. The Morgan fingerprint density at radius 1 is 0.762 bits per heavy atom.